The number of nitrogens with one attached hydrogen (secondary N) is 1. The number of aromatic nitrogens is 3. The summed E-state index contributed by atoms with van der Waals surface area (Å²) in [4.78, 5) is 17.1. The van der Waals surface area contributed by atoms with Gasteiger partial charge in [0.05, 0.1) is 12.1 Å². The van der Waals surface area contributed by atoms with Crippen molar-refractivity contribution in [2.75, 3.05) is 6.54 Å². The van der Waals surface area contributed by atoms with Gasteiger partial charge in [0, 0.05) is 30.2 Å². The van der Waals surface area contributed by atoms with Crippen LogP contribution in [-0.2, 0) is 13.0 Å². The number of pyridine rings is 1. The summed E-state index contributed by atoms with van der Waals surface area (Å²) in [5.74, 6) is 0.349. The zero-order valence-corrected chi connectivity index (χ0v) is 17.4. The first-order valence-corrected chi connectivity index (χ1v) is 10.3. The van der Waals surface area contributed by atoms with Crippen LogP contribution >= 0.6 is 0 Å². The summed E-state index contributed by atoms with van der Waals surface area (Å²) in [6, 6.07) is 22.3. The average Bonchev–Trinajstić information content (AvgIpc) is 3.13. The quantitative estimate of drug-likeness (QED) is 0.496. The highest BCUT2D eigenvalue weighted by Crippen LogP contribution is 2.21. The predicted molar refractivity (Wildman–Crippen MR) is 120 cm³/mol. The normalized spacial score (nSPS) is 11.2. The van der Waals surface area contributed by atoms with Crippen molar-refractivity contribution >= 4 is 16.8 Å². The lowest BCUT2D eigenvalue weighted by molar-refractivity contribution is 0.0950. The van der Waals surface area contributed by atoms with Gasteiger partial charge in [0.2, 0.25) is 0 Å². The lowest BCUT2D eigenvalue weighted by Crippen LogP contribution is -2.26. The molecule has 4 aromatic rings. The maximum atomic E-state index is 12.8. The molecule has 2 aromatic heterocycles. The first-order chi connectivity index (χ1) is 14.6. The standard InChI is InChI=1S/C25H26N4O/c1-18(2)20-12-10-19(11-13-20)17-29-23-9-4-3-8-22(23)24(28-29)25(30)27-16-14-21-7-5-6-15-26-21/h3-13,15,18H,14,16-17H2,1-2H3,(H,27,30). The number of benzene rings is 2. The van der Waals surface area contributed by atoms with Crippen LogP contribution in [0.1, 0.15) is 47.1 Å². The molecule has 0 bridgehead atoms. The van der Waals surface area contributed by atoms with Gasteiger partial charge in [0.15, 0.2) is 5.69 Å². The number of carbonyl (C=O) groups excluding carboxylic acids is 1. The summed E-state index contributed by atoms with van der Waals surface area (Å²) in [6.07, 6.45) is 2.45. The molecule has 2 aromatic carbocycles. The molecule has 0 aliphatic heterocycles. The zero-order valence-electron chi connectivity index (χ0n) is 17.4. The molecule has 2 heterocycles. The van der Waals surface area contributed by atoms with E-state index in [1.165, 1.54) is 5.56 Å². The molecule has 1 N–H and O–H groups in total. The van der Waals surface area contributed by atoms with E-state index in [0.717, 1.165) is 22.2 Å². The van der Waals surface area contributed by atoms with Gasteiger partial charge in [-0.2, -0.15) is 5.10 Å². The van der Waals surface area contributed by atoms with E-state index < -0.39 is 0 Å². The van der Waals surface area contributed by atoms with E-state index in [0.29, 0.717) is 31.1 Å². The van der Waals surface area contributed by atoms with E-state index in [-0.39, 0.29) is 5.91 Å². The minimum atomic E-state index is -0.156. The van der Waals surface area contributed by atoms with Crippen molar-refractivity contribution in [1.82, 2.24) is 20.1 Å². The van der Waals surface area contributed by atoms with Crippen LogP contribution in [0.4, 0.5) is 0 Å². The van der Waals surface area contributed by atoms with Crippen molar-refractivity contribution in [3.8, 4) is 0 Å². The van der Waals surface area contributed by atoms with E-state index in [9.17, 15) is 4.79 Å². The van der Waals surface area contributed by atoms with Gasteiger partial charge in [0.1, 0.15) is 0 Å². The minimum Gasteiger partial charge on any atom is -0.350 e. The van der Waals surface area contributed by atoms with Crippen LogP contribution in [0.3, 0.4) is 0 Å². The first-order valence-electron chi connectivity index (χ1n) is 10.3. The van der Waals surface area contributed by atoms with E-state index in [1.54, 1.807) is 6.20 Å². The number of fused-ring (bicyclic) bond motifs is 1. The third-order valence-corrected chi connectivity index (χ3v) is 5.24. The number of nitrogens with zero attached hydrogens (tertiary/aromatic N) is 3. The van der Waals surface area contributed by atoms with E-state index in [2.05, 4.69) is 53.5 Å². The Labute approximate surface area is 176 Å². The number of carbonyl (C=O) groups is 1. The Morgan fingerprint density at radius 2 is 1.77 bits per heavy atom. The highest BCUT2D eigenvalue weighted by Gasteiger charge is 2.17. The van der Waals surface area contributed by atoms with Crippen LogP contribution < -0.4 is 5.32 Å². The van der Waals surface area contributed by atoms with Crippen LogP contribution in [0.5, 0.6) is 0 Å². The molecular weight excluding hydrogens is 372 g/mol. The summed E-state index contributed by atoms with van der Waals surface area (Å²) in [5.41, 5.74) is 4.86. The predicted octanol–water partition coefficient (Wildman–Crippen LogP) is 4.58. The molecule has 0 saturated heterocycles. The molecule has 0 aliphatic rings. The molecule has 0 saturated carbocycles. The molecule has 5 nitrogen and oxygen atoms in total. The maximum Gasteiger partial charge on any atom is 0.272 e. The van der Waals surface area contributed by atoms with Crippen LogP contribution in [0.25, 0.3) is 10.9 Å². The Bertz CT molecular complexity index is 1130. The Morgan fingerprint density at radius 1 is 1.00 bits per heavy atom. The molecule has 4 rings (SSSR count). The Kier molecular flexibility index (Phi) is 5.89. The highest BCUT2D eigenvalue weighted by atomic mass is 16.1. The first kappa shape index (κ1) is 19.8. The van der Waals surface area contributed by atoms with Gasteiger partial charge in [-0.1, -0.05) is 62.4 Å². The van der Waals surface area contributed by atoms with E-state index in [1.807, 2.05) is 47.1 Å². The van der Waals surface area contributed by atoms with Gasteiger partial charge in [-0.05, 0) is 35.2 Å². The lowest BCUT2D eigenvalue weighted by Gasteiger charge is -2.08. The lowest BCUT2D eigenvalue weighted by atomic mass is 10.0. The molecule has 0 unspecified atom stereocenters. The fourth-order valence-corrected chi connectivity index (χ4v) is 3.53. The zero-order chi connectivity index (χ0) is 20.9. The number of hydrogen-bond donors (Lipinski definition) is 1. The smallest absolute Gasteiger partial charge is 0.272 e. The fourth-order valence-electron chi connectivity index (χ4n) is 3.53. The molecule has 0 spiro atoms. The second-order valence-corrected chi connectivity index (χ2v) is 7.75. The van der Waals surface area contributed by atoms with Crippen LogP contribution in [-0.4, -0.2) is 27.2 Å². The van der Waals surface area contributed by atoms with Crippen molar-refractivity contribution in [3.63, 3.8) is 0 Å². The second kappa shape index (κ2) is 8.91. The summed E-state index contributed by atoms with van der Waals surface area (Å²) in [5, 5.41) is 8.51. The molecule has 5 heteroatoms. The monoisotopic (exact) mass is 398 g/mol. The van der Waals surface area contributed by atoms with Gasteiger partial charge in [-0.3, -0.25) is 14.5 Å². The molecule has 0 radical (unpaired) electrons. The number of hydrogen-bond acceptors (Lipinski definition) is 3. The fraction of sp³-hybridized carbons (Fsp3) is 0.240. The second-order valence-electron chi connectivity index (χ2n) is 7.75. The van der Waals surface area contributed by atoms with Gasteiger partial charge in [-0.25, -0.2) is 0 Å². The average molecular weight is 399 g/mol. The van der Waals surface area contributed by atoms with Crippen LogP contribution in [0.2, 0.25) is 0 Å². The SMILES string of the molecule is CC(C)c1ccc(Cn2nc(C(=O)NCCc3ccccn3)c3ccccc32)cc1. The van der Waals surface area contributed by atoms with Crippen molar-refractivity contribution in [2.45, 2.75) is 32.7 Å². The largest absolute Gasteiger partial charge is 0.350 e. The maximum absolute atomic E-state index is 12.8. The number of amides is 1. The summed E-state index contributed by atoms with van der Waals surface area (Å²) in [6.45, 7) is 5.53. The third-order valence-electron chi connectivity index (χ3n) is 5.24. The van der Waals surface area contributed by atoms with Crippen molar-refractivity contribution in [2.24, 2.45) is 0 Å². The van der Waals surface area contributed by atoms with Crippen molar-refractivity contribution in [3.05, 3.63) is 95.4 Å². The summed E-state index contributed by atoms with van der Waals surface area (Å²) >= 11 is 0. The topological polar surface area (TPSA) is 59.8 Å². The highest BCUT2D eigenvalue weighted by molar-refractivity contribution is 6.04. The van der Waals surface area contributed by atoms with Crippen LogP contribution in [0, 0.1) is 0 Å². The van der Waals surface area contributed by atoms with E-state index >= 15 is 0 Å². The molecule has 0 aliphatic carbocycles. The summed E-state index contributed by atoms with van der Waals surface area (Å²) < 4.78 is 1.91. The van der Waals surface area contributed by atoms with Gasteiger partial charge in [-0.15, -0.1) is 0 Å². The molecule has 1 amide bonds. The molecular formula is C25H26N4O. The van der Waals surface area contributed by atoms with Gasteiger partial charge >= 0.3 is 0 Å². The Hall–Kier alpha value is -3.47. The van der Waals surface area contributed by atoms with Gasteiger partial charge in [0.25, 0.3) is 5.91 Å². The minimum absolute atomic E-state index is 0.156. The van der Waals surface area contributed by atoms with Gasteiger partial charge < -0.3 is 5.32 Å². The molecule has 0 atom stereocenters. The number of rotatable bonds is 7. The third kappa shape index (κ3) is 4.40. The molecule has 0 fully saturated rings. The Morgan fingerprint density at radius 3 is 2.50 bits per heavy atom. The number of para-hydroxylation sites is 1. The van der Waals surface area contributed by atoms with Crippen LogP contribution in [0.15, 0.2) is 72.9 Å². The Balaban J connectivity index is 1.52. The van der Waals surface area contributed by atoms with E-state index in [4.69, 9.17) is 0 Å². The summed E-state index contributed by atoms with van der Waals surface area (Å²) in [7, 11) is 0. The molecule has 152 valence electrons. The molecule has 30 heavy (non-hydrogen) atoms. The van der Waals surface area contributed by atoms with Crippen molar-refractivity contribution < 1.29 is 4.79 Å². The van der Waals surface area contributed by atoms with Crippen molar-refractivity contribution in [1.29, 1.82) is 0 Å².